The zero-order valence-electron chi connectivity index (χ0n) is 19.4. The Bertz CT molecular complexity index is 1060. The number of amides is 3. The monoisotopic (exact) mass is 464 g/mol. The van der Waals surface area contributed by atoms with E-state index in [1.54, 1.807) is 48.4 Å². The van der Waals surface area contributed by atoms with E-state index in [-0.39, 0.29) is 25.5 Å². The van der Waals surface area contributed by atoms with Crippen LogP contribution >= 0.6 is 0 Å². The molecule has 0 N–H and O–H groups in total. The predicted molar refractivity (Wildman–Crippen MR) is 123 cm³/mol. The summed E-state index contributed by atoms with van der Waals surface area (Å²) in [6.45, 7) is 2.45. The highest BCUT2D eigenvalue weighted by Crippen LogP contribution is 2.39. The molecule has 8 heteroatoms. The van der Waals surface area contributed by atoms with E-state index in [1.807, 2.05) is 19.1 Å². The van der Waals surface area contributed by atoms with E-state index in [0.717, 1.165) is 23.3 Å². The second kappa shape index (κ2) is 10.1. The van der Waals surface area contributed by atoms with Gasteiger partial charge in [-0.15, -0.1) is 0 Å². The molecule has 1 saturated heterocycles. The molecular weight excluding hydrogens is 436 g/mol. The summed E-state index contributed by atoms with van der Waals surface area (Å²) in [7, 11) is 1.58. The third kappa shape index (κ3) is 4.40. The lowest BCUT2D eigenvalue weighted by Crippen LogP contribution is -2.35. The minimum Gasteiger partial charge on any atom is -0.497 e. The fourth-order valence-corrected chi connectivity index (χ4v) is 4.59. The van der Waals surface area contributed by atoms with Gasteiger partial charge in [0, 0.05) is 13.0 Å². The fourth-order valence-electron chi connectivity index (χ4n) is 4.59. The number of rotatable bonds is 9. The molecule has 0 aromatic heterocycles. The molecule has 2 aliphatic heterocycles. The van der Waals surface area contributed by atoms with Crippen molar-refractivity contribution in [2.24, 2.45) is 5.92 Å². The van der Waals surface area contributed by atoms with Crippen LogP contribution in [0.1, 0.15) is 58.5 Å². The molecule has 0 bridgehead atoms. The topological polar surface area (TPSA) is 93.2 Å². The van der Waals surface area contributed by atoms with Crippen LogP contribution in [0.5, 0.6) is 5.75 Å². The van der Waals surface area contributed by atoms with Crippen LogP contribution in [-0.4, -0.2) is 60.3 Å². The zero-order valence-corrected chi connectivity index (χ0v) is 19.4. The normalized spacial score (nSPS) is 19.5. The third-order valence-electron chi connectivity index (χ3n) is 6.38. The first-order chi connectivity index (χ1) is 16.5. The smallest absolute Gasteiger partial charge is 0.311 e. The number of carbonyl (C=O) groups excluding carboxylic acids is 4. The highest BCUT2D eigenvalue weighted by atomic mass is 16.5. The van der Waals surface area contributed by atoms with Gasteiger partial charge in [0.15, 0.2) is 0 Å². The second-order valence-electron chi connectivity index (χ2n) is 8.44. The van der Waals surface area contributed by atoms with Crippen LogP contribution in [0.15, 0.2) is 48.5 Å². The molecule has 4 rings (SSSR count). The maximum Gasteiger partial charge on any atom is 0.311 e. The number of benzene rings is 2. The highest BCUT2D eigenvalue weighted by molar-refractivity contribution is 6.21. The summed E-state index contributed by atoms with van der Waals surface area (Å²) in [6, 6.07) is 13.5. The minimum atomic E-state index is -0.667. The van der Waals surface area contributed by atoms with Crippen molar-refractivity contribution in [3.8, 4) is 5.75 Å². The van der Waals surface area contributed by atoms with Crippen LogP contribution in [0, 0.1) is 5.92 Å². The summed E-state index contributed by atoms with van der Waals surface area (Å²) < 4.78 is 10.7. The molecule has 0 unspecified atom stereocenters. The number of methoxy groups -OCH3 is 1. The van der Waals surface area contributed by atoms with Crippen molar-refractivity contribution in [2.75, 3.05) is 26.8 Å². The van der Waals surface area contributed by atoms with Crippen molar-refractivity contribution >= 4 is 23.7 Å². The van der Waals surface area contributed by atoms with E-state index >= 15 is 0 Å². The number of nitrogens with zero attached hydrogens (tertiary/aromatic N) is 2. The first-order valence-electron chi connectivity index (χ1n) is 11.5. The summed E-state index contributed by atoms with van der Waals surface area (Å²) in [4.78, 5) is 53.7. The van der Waals surface area contributed by atoms with Crippen LogP contribution in [-0.2, 0) is 14.3 Å². The van der Waals surface area contributed by atoms with Crippen molar-refractivity contribution in [3.63, 3.8) is 0 Å². The maximum atomic E-state index is 13.1. The molecule has 3 amide bonds. The first kappa shape index (κ1) is 23.5. The standard InChI is InChI=1S/C26H28N2O6/c1-3-4-13-27-22(29)16-21(23(27)17-9-11-18(33-2)12-10-17)26(32)34-15-14-28-24(30)19-7-5-6-8-20(19)25(28)31/h5-12,21,23H,3-4,13-16H2,1-2H3/t21-,23+/m1/s1. The summed E-state index contributed by atoms with van der Waals surface area (Å²) in [5, 5.41) is 0. The second-order valence-corrected chi connectivity index (χ2v) is 8.44. The SMILES string of the molecule is CCCCN1C(=O)C[C@@H](C(=O)OCCN2C(=O)c3ccccc3C2=O)[C@@H]1c1ccc(OC)cc1. The summed E-state index contributed by atoms with van der Waals surface area (Å²) in [5.74, 6) is -1.36. The van der Waals surface area contributed by atoms with Crippen LogP contribution in [0.25, 0.3) is 0 Å². The molecule has 2 aromatic rings. The first-order valence-corrected chi connectivity index (χ1v) is 11.5. The van der Waals surface area contributed by atoms with Gasteiger partial charge in [0.1, 0.15) is 12.4 Å². The van der Waals surface area contributed by atoms with Crippen molar-refractivity contribution in [2.45, 2.75) is 32.2 Å². The number of ether oxygens (including phenoxy) is 2. The van der Waals surface area contributed by atoms with Crippen LogP contribution in [0.2, 0.25) is 0 Å². The summed E-state index contributed by atoms with van der Waals surface area (Å²) >= 11 is 0. The molecule has 2 atom stereocenters. The molecule has 0 aliphatic carbocycles. The van der Waals surface area contributed by atoms with E-state index in [2.05, 4.69) is 0 Å². The number of hydrogen-bond acceptors (Lipinski definition) is 6. The van der Waals surface area contributed by atoms with E-state index in [9.17, 15) is 19.2 Å². The molecule has 8 nitrogen and oxygen atoms in total. The molecule has 1 fully saturated rings. The number of unbranched alkanes of at least 4 members (excludes halogenated alkanes) is 1. The van der Waals surface area contributed by atoms with Gasteiger partial charge in [0.25, 0.3) is 11.8 Å². The number of fused-ring (bicyclic) bond motifs is 1. The largest absolute Gasteiger partial charge is 0.497 e. The summed E-state index contributed by atoms with van der Waals surface area (Å²) in [5.41, 5.74) is 1.54. The number of carbonyl (C=O) groups is 4. The van der Waals surface area contributed by atoms with E-state index < -0.39 is 29.7 Å². The Morgan fingerprint density at radius 2 is 1.62 bits per heavy atom. The average Bonchev–Trinajstić information content (AvgIpc) is 3.31. The molecule has 0 radical (unpaired) electrons. The Balaban J connectivity index is 1.44. The molecule has 2 aromatic carbocycles. The minimum absolute atomic E-state index is 0.0362. The van der Waals surface area contributed by atoms with E-state index in [1.165, 1.54) is 0 Å². The zero-order chi connectivity index (χ0) is 24.2. The van der Waals surface area contributed by atoms with Gasteiger partial charge in [-0.25, -0.2) is 0 Å². The van der Waals surface area contributed by atoms with Crippen molar-refractivity contribution in [3.05, 3.63) is 65.2 Å². The lowest BCUT2D eigenvalue weighted by molar-refractivity contribution is -0.149. The van der Waals surface area contributed by atoms with Crippen LogP contribution in [0.3, 0.4) is 0 Å². The quantitative estimate of drug-likeness (QED) is 0.418. The van der Waals surface area contributed by atoms with E-state index in [4.69, 9.17) is 9.47 Å². The Labute approximate surface area is 198 Å². The van der Waals surface area contributed by atoms with Gasteiger partial charge in [-0.2, -0.15) is 0 Å². The van der Waals surface area contributed by atoms with Crippen molar-refractivity contribution in [1.29, 1.82) is 0 Å². The van der Waals surface area contributed by atoms with Gasteiger partial charge in [0.2, 0.25) is 5.91 Å². The Hall–Kier alpha value is -3.68. The molecule has 34 heavy (non-hydrogen) atoms. The molecule has 2 aliphatic rings. The number of likely N-dealkylation sites (tertiary alicyclic amines) is 1. The predicted octanol–water partition coefficient (Wildman–Crippen LogP) is 3.22. The summed E-state index contributed by atoms with van der Waals surface area (Å²) in [6.07, 6.45) is 1.82. The van der Waals surface area contributed by atoms with Gasteiger partial charge >= 0.3 is 5.97 Å². The van der Waals surface area contributed by atoms with Gasteiger partial charge < -0.3 is 14.4 Å². The molecule has 0 saturated carbocycles. The Kier molecular flexibility index (Phi) is 6.95. The number of esters is 1. The Morgan fingerprint density at radius 3 is 2.21 bits per heavy atom. The average molecular weight is 465 g/mol. The highest BCUT2D eigenvalue weighted by Gasteiger charge is 2.45. The molecular formula is C26H28N2O6. The van der Waals surface area contributed by atoms with Crippen LogP contribution < -0.4 is 4.74 Å². The van der Waals surface area contributed by atoms with Crippen LogP contribution in [0.4, 0.5) is 0 Å². The maximum absolute atomic E-state index is 13.1. The number of imide groups is 1. The number of hydrogen-bond donors (Lipinski definition) is 0. The molecule has 0 spiro atoms. The van der Waals surface area contributed by atoms with E-state index in [0.29, 0.717) is 23.4 Å². The fraction of sp³-hybridized carbons (Fsp3) is 0.385. The lowest BCUT2D eigenvalue weighted by Gasteiger charge is -2.28. The third-order valence-corrected chi connectivity index (χ3v) is 6.38. The molecule has 2 heterocycles. The van der Waals surface area contributed by atoms with Gasteiger partial charge in [-0.05, 0) is 36.2 Å². The van der Waals surface area contributed by atoms with Crippen molar-refractivity contribution in [1.82, 2.24) is 9.80 Å². The molecule has 178 valence electrons. The van der Waals surface area contributed by atoms with Gasteiger partial charge in [-0.3, -0.25) is 24.1 Å². The van der Waals surface area contributed by atoms with Gasteiger partial charge in [0.05, 0.1) is 36.7 Å². The lowest BCUT2D eigenvalue weighted by atomic mass is 9.93. The van der Waals surface area contributed by atoms with Gasteiger partial charge in [-0.1, -0.05) is 37.6 Å². The Morgan fingerprint density at radius 1 is 0.971 bits per heavy atom. The van der Waals surface area contributed by atoms with Crippen molar-refractivity contribution < 1.29 is 28.7 Å².